The summed E-state index contributed by atoms with van der Waals surface area (Å²) in [4.78, 5) is 25.2. The normalized spacial score (nSPS) is 18.5. The summed E-state index contributed by atoms with van der Waals surface area (Å²) >= 11 is 0. The lowest BCUT2D eigenvalue weighted by atomic mass is 10.2. The number of carbonyl (C=O) groups excluding carboxylic acids is 2. The Morgan fingerprint density at radius 1 is 1.33 bits per heavy atom. The minimum atomic E-state index is -3.89. The van der Waals surface area contributed by atoms with E-state index >= 15 is 0 Å². The lowest BCUT2D eigenvalue weighted by Crippen LogP contribution is -2.45. The molecule has 24 heavy (non-hydrogen) atoms. The van der Waals surface area contributed by atoms with Gasteiger partial charge in [-0.25, -0.2) is 8.42 Å². The monoisotopic (exact) mass is 353 g/mol. The molecule has 2 aliphatic heterocycles. The number of fused-ring (bicyclic) bond motifs is 1. The van der Waals surface area contributed by atoms with Crippen LogP contribution in [0.2, 0.25) is 0 Å². The van der Waals surface area contributed by atoms with Gasteiger partial charge in [-0.05, 0) is 38.0 Å². The fourth-order valence-electron chi connectivity index (χ4n) is 2.79. The van der Waals surface area contributed by atoms with E-state index in [1.54, 1.807) is 4.90 Å². The number of sulfonamides is 1. The molecule has 2 amide bonds. The van der Waals surface area contributed by atoms with Gasteiger partial charge in [0.25, 0.3) is 5.91 Å². The SMILES string of the molecule is CC(NS(=O)(=O)c1ccc2c(c1)NC(=O)CO2)C(=O)N1CCCC1. The third kappa shape index (κ3) is 3.36. The zero-order chi connectivity index (χ0) is 17.3. The molecule has 1 aromatic rings. The molecular formula is C15H19N3O5S. The summed E-state index contributed by atoms with van der Waals surface area (Å²) in [6.45, 7) is 2.75. The molecule has 1 aromatic carbocycles. The predicted molar refractivity (Wildman–Crippen MR) is 86.2 cm³/mol. The van der Waals surface area contributed by atoms with E-state index in [9.17, 15) is 18.0 Å². The Morgan fingerprint density at radius 2 is 2.04 bits per heavy atom. The van der Waals surface area contributed by atoms with Crippen LogP contribution in [0.5, 0.6) is 5.75 Å². The number of benzene rings is 1. The molecule has 2 heterocycles. The topological polar surface area (TPSA) is 105 Å². The molecule has 9 heteroatoms. The van der Waals surface area contributed by atoms with Crippen LogP contribution < -0.4 is 14.8 Å². The average Bonchev–Trinajstić information content (AvgIpc) is 3.07. The Balaban J connectivity index is 1.76. The summed E-state index contributed by atoms with van der Waals surface area (Å²) in [5, 5.41) is 2.56. The van der Waals surface area contributed by atoms with Crippen LogP contribution in [-0.4, -0.2) is 50.9 Å². The molecule has 8 nitrogen and oxygen atoms in total. The van der Waals surface area contributed by atoms with Gasteiger partial charge in [-0.15, -0.1) is 0 Å². The first kappa shape index (κ1) is 16.7. The predicted octanol–water partition coefficient (Wildman–Crippen LogP) is 0.307. The van der Waals surface area contributed by atoms with Gasteiger partial charge in [0.1, 0.15) is 5.75 Å². The quantitative estimate of drug-likeness (QED) is 0.810. The molecule has 0 radical (unpaired) electrons. The van der Waals surface area contributed by atoms with E-state index in [4.69, 9.17) is 4.74 Å². The van der Waals surface area contributed by atoms with Crippen molar-refractivity contribution in [3.63, 3.8) is 0 Å². The first-order valence-corrected chi connectivity index (χ1v) is 9.23. The summed E-state index contributed by atoms with van der Waals surface area (Å²) in [6, 6.07) is 3.33. The van der Waals surface area contributed by atoms with E-state index < -0.39 is 16.1 Å². The zero-order valence-electron chi connectivity index (χ0n) is 13.2. The van der Waals surface area contributed by atoms with Gasteiger partial charge in [0.15, 0.2) is 6.61 Å². The van der Waals surface area contributed by atoms with E-state index in [-0.39, 0.29) is 23.3 Å². The maximum atomic E-state index is 12.5. The van der Waals surface area contributed by atoms with E-state index in [1.807, 2.05) is 0 Å². The minimum Gasteiger partial charge on any atom is -0.482 e. The van der Waals surface area contributed by atoms with Crippen molar-refractivity contribution in [3.05, 3.63) is 18.2 Å². The van der Waals surface area contributed by atoms with Crippen LogP contribution in [0, 0.1) is 0 Å². The molecule has 0 bridgehead atoms. The van der Waals surface area contributed by atoms with E-state index in [2.05, 4.69) is 10.0 Å². The highest BCUT2D eigenvalue weighted by Crippen LogP contribution is 2.30. The highest BCUT2D eigenvalue weighted by atomic mass is 32.2. The van der Waals surface area contributed by atoms with Crippen LogP contribution in [0.4, 0.5) is 5.69 Å². The number of hydrogen-bond donors (Lipinski definition) is 2. The van der Waals surface area contributed by atoms with E-state index in [0.29, 0.717) is 24.5 Å². The maximum absolute atomic E-state index is 12.5. The molecule has 0 saturated carbocycles. The van der Waals surface area contributed by atoms with E-state index in [1.165, 1.54) is 25.1 Å². The highest BCUT2D eigenvalue weighted by molar-refractivity contribution is 7.89. The van der Waals surface area contributed by atoms with Gasteiger partial charge in [0, 0.05) is 13.1 Å². The number of nitrogens with zero attached hydrogens (tertiary/aromatic N) is 1. The van der Waals surface area contributed by atoms with Crippen LogP contribution in [0.3, 0.4) is 0 Å². The lowest BCUT2D eigenvalue weighted by molar-refractivity contribution is -0.131. The molecule has 1 unspecified atom stereocenters. The molecule has 1 saturated heterocycles. The fourth-order valence-corrected chi connectivity index (χ4v) is 4.01. The highest BCUT2D eigenvalue weighted by Gasteiger charge is 2.28. The van der Waals surface area contributed by atoms with Crippen LogP contribution in [0.25, 0.3) is 0 Å². The Morgan fingerprint density at radius 3 is 2.75 bits per heavy atom. The molecule has 0 aromatic heterocycles. The second-order valence-corrected chi connectivity index (χ2v) is 7.58. The summed E-state index contributed by atoms with van der Waals surface area (Å²) < 4.78 is 32.6. The van der Waals surface area contributed by atoms with Gasteiger partial charge in [0.2, 0.25) is 15.9 Å². The van der Waals surface area contributed by atoms with Crippen molar-refractivity contribution < 1.29 is 22.7 Å². The minimum absolute atomic E-state index is 0.0341. The van der Waals surface area contributed by atoms with E-state index in [0.717, 1.165) is 12.8 Å². The van der Waals surface area contributed by atoms with Crippen molar-refractivity contribution in [2.45, 2.75) is 30.7 Å². The Kier molecular flexibility index (Phi) is 4.46. The second-order valence-electron chi connectivity index (χ2n) is 5.87. The third-order valence-corrected chi connectivity index (χ3v) is 5.55. The van der Waals surface area contributed by atoms with Crippen molar-refractivity contribution in [1.82, 2.24) is 9.62 Å². The Hall–Kier alpha value is -2.13. The number of hydrogen-bond acceptors (Lipinski definition) is 5. The molecule has 1 fully saturated rings. The summed E-state index contributed by atoms with van der Waals surface area (Å²) in [5.41, 5.74) is 0.299. The summed E-state index contributed by atoms with van der Waals surface area (Å²) in [6.07, 6.45) is 1.88. The van der Waals surface area contributed by atoms with Gasteiger partial charge in [-0.1, -0.05) is 0 Å². The standard InChI is InChI=1S/C15H19N3O5S/c1-10(15(20)18-6-2-3-7-18)17-24(21,22)11-4-5-13-12(8-11)16-14(19)9-23-13/h4-5,8,10,17H,2-3,6-7,9H2,1H3,(H,16,19). The van der Waals surface area contributed by atoms with Crippen LogP contribution >= 0.6 is 0 Å². The number of nitrogens with one attached hydrogen (secondary N) is 2. The van der Waals surface area contributed by atoms with Gasteiger partial charge in [-0.3, -0.25) is 9.59 Å². The number of likely N-dealkylation sites (tertiary alicyclic amines) is 1. The second kappa shape index (κ2) is 6.40. The first-order valence-electron chi connectivity index (χ1n) is 7.74. The first-order chi connectivity index (χ1) is 11.4. The molecule has 0 spiro atoms. The molecule has 3 rings (SSSR count). The van der Waals surface area contributed by atoms with Crippen LogP contribution in [0.1, 0.15) is 19.8 Å². The van der Waals surface area contributed by atoms with Crippen molar-refractivity contribution in [2.75, 3.05) is 25.0 Å². The largest absolute Gasteiger partial charge is 0.482 e. The molecule has 130 valence electrons. The van der Waals surface area contributed by atoms with Crippen molar-refractivity contribution >= 4 is 27.5 Å². The van der Waals surface area contributed by atoms with Gasteiger partial charge < -0.3 is 15.0 Å². The number of ether oxygens (including phenoxy) is 1. The average molecular weight is 353 g/mol. The van der Waals surface area contributed by atoms with Crippen molar-refractivity contribution in [3.8, 4) is 5.75 Å². The summed E-state index contributed by atoms with van der Waals surface area (Å²) in [7, 11) is -3.89. The number of amides is 2. The molecule has 2 N–H and O–H groups in total. The molecular weight excluding hydrogens is 334 g/mol. The Bertz CT molecular complexity index is 771. The number of rotatable bonds is 4. The summed E-state index contributed by atoms with van der Waals surface area (Å²) in [5.74, 6) is -0.164. The van der Waals surface area contributed by atoms with Gasteiger partial charge >= 0.3 is 0 Å². The smallest absolute Gasteiger partial charge is 0.262 e. The number of anilines is 1. The molecule has 0 aliphatic carbocycles. The number of carbonyl (C=O) groups is 2. The zero-order valence-corrected chi connectivity index (χ0v) is 14.1. The van der Waals surface area contributed by atoms with Gasteiger partial charge in [0.05, 0.1) is 16.6 Å². The lowest BCUT2D eigenvalue weighted by Gasteiger charge is -2.22. The van der Waals surface area contributed by atoms with Crippen molar-refractivity contribution in [2.24, 2.45) is 0 Å². The third-order valence-electron chi connectivity index (χ3n) is 4.01. The van der Waals surface area contributed by atoms with Crippen LogP contribution in [-0.2, 0) is 19.6 Å². The molecule has 2 aliphatic rings. The maximum Gasteiger partial charge on any atom is 0.262 e. The van der Waals surface area contributed by atoms with Crippen LogP contribution in [0.15, 0.2) is 23.1 Å². The Labute approximate surface area is 140 Å². The fraction of sp³-hybridized carbons (Fsp3) is 0.467. The van der Waals surface area contributed by atoms with Crippen molar-refractivity contribution in [1.29, 1.82) is 0 Å². The van der Waals surface area contributed by atoms with Gasteiger partial charge in [-0.2, -0.15) is 4.72 Å². The molecule has 1 atom stereocenters.